The van der Waals surface area contributed by atoms with Crippen molar-refractivity contribution in [2.45, 2.75) is 6.92 Å². The van der Waals surface area contributed by atoms with Gasteiger partial charge in [-0.2, -0.15) is 0 Å². The van der Waals surface area contributed by atoms with E-state index in [0.717, 1.165) is 0 Å². The monoisotopic (exact) mass is 294 g/mol. The maximum Gasteiger partial charge on any atom is 0.221 e. The van der Waals surface area contributed by atoms with Gasteiger partial charge >= 0.3 is 0 Å². The van der Waals surface area contributed by atoms with Crippen molar-refractivity contribution in [2.24, 2.45) is 0 Å². The molecular formula is C17H14N2O3. The molecule has 0 bridgehead atoms. The van der Waals surface area contributed by atoms with Crippen LogP contribution in [-0.4, -0.2) is 24.5 Å². The molecule has 0 saturated carbocycles. The van der Waals surface area contributed by atoms with Crippen LogP contribution in [0.4, 0.5) is 11.4 Å². The smallest absolute Gasteiger partial charge is 0.221 e. The first kappa shape index (κ1) is 14.0. The first-order chi connectivity index (χ1) is 10.5. The minimum Gasteiger partial charge on any atom is -0.386 e. The summed E-state index contributed by atoms with van der Waals surface area (Å²) in [5, 5.41) is 5.59. The standard InChI is InChI=1S/C17H14N2O3/c1-9(20)19-13-8-7-12-14(15(13)18-2)17(22)11-6-4-3-5-10(11)16(12)21/h3-8,18H,1-2H3,(H,19,20). The van der Waals surface area contributed by atoms with Crippen LogP contribution < -0.4 is 10.6 Å². The van der Waals surface area contributed by atoms with E-state index < -0.39 is 0 Å². The number of nitrogens with one attached hydrogen (secondary N) is 2. The van der Waals surface area contributed by atoms with Crippen molar-refractivity contribution in [2.75, 3.05) is 17.7 Å². The quantitative estimate of drug-likeness (QED) is 0.761. The van der Waals surface area contributed by atoms with Crippen molar-refractivity contribution in [1.82, 2.24) is 0 Å². The van der Waals surface area contributed by atoms with Crippen LogP contribution in [0, 0.1) is 0 Å². The molecule has 0 aliphatic heterocycles. The number of benzene rings is 2. The Morgan fingerprint density at radius 1 is 0.909 bits per heavy atom. The zero-order chi connectivity index (χ0) is 15.9. The van der Waals surface area contributed by atoms with Crippen LogP contribution in [0.15, 0.2) is 36.4 Å². The molecule has 3 rings (SSSR count). The van der Waals surface area contributed by atoms with Crippen LogP contribution in [0.1, 0.15) is 38.8 Å². The second-order valence-corrected chi connectivity index (χ2v) is 5.05. The highest BCUT2D eigenvalue weighted by Gasteiger charge is 2.32. The fourth-order valence-corrected chi connectivity index (χ4v) is 2.74. The lowest BCUT2D eigenvalue weighted by atomic mass is 9.83. The molecule has 5 heteroatoms. The number of carbonyl (C=O) groups excluding carboxylic acids is 3. The van der Waals surface area contributed by atoms with E-state index in [-0.39, 0.29) is 17.5 Å². The highest BCUT2D eigenvalue weighted by molar-refractivity contribution is 6.31. The van der Waals surface area contributed by atoms with Gasteiger partial charge in [-0.1, -0.05) is 24.3 Å². The molecule has 0 fully saturated rings. The lowest BCUT2D eigenvalue weighted by Gasteiger charge is -2.22. The molecule has 0 radical (unpaired) electrons. The fraction of sp³-hybridized carbons (Fsp3) is 0.118. The molecule has 2 aromatic rings. The lowest BCUT2D eigenvalue weighted by Crippen LogP contribution is -2.23. The summed E-state index contributed by atoms with van der Waals surface area (Å²) in [5.74, 6) is -0.649. The van der Waals surface area contributed by atoms with E-state index in [1.807, 2.05) is 0 Å². The molecular weight excluding hydrogens is 280 g/mol. The van der Waals surface area contributed by atoms with E-state index in [9.17, 15) is 14.4 Å². The third-order valence-electron chi connectivity index (χ3n) is 3.65. The molecule has 0 unspecified atom stereocenters. The number of anilines is 2. The molecule has 5 nitrogen and oxygen atoms in total. The van der Waals surface area contributed by atoms with Crippen LogP contribution in [0.5, 0.6) is 0 Å². The average Bonchev–Trinajstić information content (AvgIpc) is 2.51. The Labute approximate surface area is 127 Å². The fourth-order valence-electron chi connectivity index (χ4n) is 2.74. The summed E-state index contributed by atoms with van der Waals surface area (Å²) in [7, 11) is 1.65. The molecule has 22 heavy (non-hydrogen) atoms. The molecule has 110 valence electrons. The van der Waals surface area contributed by atoms with Crippen LogP contribution >= 0.6 is 0 Å². The summed E-state index contributed by atoms with van der Waals surface area (Å²) in [5.41, 5.74) is 2.39. The van der Waals surface area contributed by atoms with Gasteiger partial charge in [0.2, 0.25) is 5.91 Å². The summed E-state index contributed by atoms with van der Waals surface area (Å²) in [6.07, 6.45) is 0. The third kappa shape index (κ3) is 1.98. The third-order valence-corrected chi connectivity index (χ3v) is 3.65. The van der Waals surface area contributed by atoms with Gasteiger partial charge in [-0.15, -0.1) is 0 Å². The summed E-state index contributed by atoms with van der Waals surface area (Å²) in [6, 6.07) is 9.97. The zero-order valence-corrected chi connectivity index (χ0v) is 12.2. The van der Waals surface area contributed by atoms with Crippen LogP contribution in [0.2, 0.25) is 0 Å². The minimum absolute atomic E-state index is 0.184. The number of fused-ring (bicyclic) bond motifs is 2. The van der Waals surface area contributed by atoms with Crippen molar-refractivity contribution >= 4 is 28.8 Å². The Balaban J connectivity index is 2.26. The molecule has 2 aromatic carbocycles. The normalized spacial score (nSPS) is 12.5. The highest BCUT2D eigenvalue weighted by Crippen LogP contribution is 2.36. The average molecular weight is 294 g/mol. The van der Waals surface area contributed by atoms with E-state index in [0.29, 0.717) is 33.6 Å². The Bertz CT molecular complexity index is 825. The van der Waals surface area contributed by atoms with Crippen LogP contribution in [-0.2, 0) is 4.79 Å². The highest BCUT2D eigenvalue weighted by atomic mass is 16.1. The molecule has 0 saturated heterocycles. The van der Waals surface area contributed by atoms with Gasteiger partial charge < -0.3 is 10.6 Å². The topological polar surface area (TPSA) is 75.3 Å². The van der Waals surface area contributed by atoms with Crippen molar-refractivity contribution in [3.63, 3.8) is 0 Å². The number of ketones is 2. The van der Waals surface area contributed by atoms with Crippen LogP contribution in [0.25, 0.3) is 0 Å². The summed E-state index contributed by atoms with van der Waals surface area (Å²) in [6.45, 7) is 1.39. The van der Waals surface area contributed by atoms with Crippen LogP contribution in [0.3, 0.4) is 0 Å². The Kier molecular flexibility index (Phi) is 3.25. The Morgan fingerprint density at radius 2 is 1.55 bits per heavy atom. The summed E-state index contributed by atoms with van der Waals surface area (Å²) < 4.78 is 0. The molecule has 0 spiro atoms. The summed E-state index contributed by atoms with van der Waals surface area (Å²) >= 11 is 0. The second-order valence-electron chi connectivity index (χ2n) is 5.05. The largest absolute Gasteiger partial charge is 0.386 e. The molecule has 0 atom stereocenters. The van der Waals surface area contributed by atoms with E-state index in [1.54, 1.807) is 43.4 Å². The van der Waals surface area contributed by atoms with Gasteiger partial charge in [0.25, 0.3) is 0 Å². The van der Waals surface area contributed by atoms with E-state index in [4.69, 9.17) is 0 Å². The van der Waals surface area contributed by atoms with Crippen molar-refractivity contribution in [3.05, 3.63) is 58.7 Å². The SMILES string of the molecule is CNc1c(NC(C)=O)ccc2c1C(=O)c1ccccc1C2=O. The number of hydrogen-bond acceptors (Lipinski definition) is 4. The maximum atomic E-state index is 12.8. The van der Waals surface area contributed by atoms with Gasteiger partial charge in [0.05, 0.1) is 16.9 Å². The van der Waals surface area contributed by atoms with Gasteiger partial charge in [0.15, 0.2) is 11.6 Å². The molecule has 2 N–H and O–H groups in total. The number of hydrogen-bond donors (Lipinski definition) is 2. The number of carbonyl (C=O) groups is 3. The van der Waals surface area contributed by atoms with Crippen molar-refractivity contribution in [1.29, 1.82) is 0 Å². The van der Waals surface area contributed by atoms with E-state index >= 15 is 0 Å². The van der Waals surface area contributed by atoms with Gasteiger partial charge in [0, 0.05) is 30.7 Å². The molecule has 1 aliphatic rings. The summed E-state index contributed by atoms with van der Waals surface area (Å²) in [4.78, 5) is 36.7. The van der Waals surface area contributed by atoms with E-state index in [1.165, 1.54) is 6.92 Å². The van der Waals surface area contributed by atoms with E-state index in [2.05, 4.69) is 10.6 Å². The molecule has 0 aromatic heterocycles. The van der Waals surface area contributed by atoms with Gasteiger partial charge in [-0.05, 0) is 12.1 Å². The Morgan fingerprint density at radius 3 is 2.14 bits per heavy atom. The molecule has 1 amide bonds. The molecule has 1 aliphatic carbocycles. The molecule has 0 heterocycles. The van der Waals surface area contributed by atoms with Gasteiger partial charge in [-0.25, -0.2) is 0 Å². The maximum absolute atomic E-state index is 12.8. The lowest BCUT2D eigenvalue weighted by molar-refractivity contribution is -0.114. The second kappa shape index (κ2) is 5.11. The first-order valence-electron chi connectivity index (χ1n) is 6.85. The Hall–Kier alpha value is -2.95. The van der Waals surface area contributed by atoms with Crippen molar-refractivity contribution in [3.8, 4) is 0 Å². The predicted molar refractivity (Wildman–Crippen MR) is 83.6 cm³/mol. The van der Waals surface area contributed by atoms with Gasteiger partial charge in [0.1, 0.15) is 0 Å². The zero-order valence-electron chi connectivity index (χ0n) is 12.2. The van der Waals surface area contributed by atoms with Gasteiger partial charge in [-0.3, -0.25) is 14.4 Å². The van der Waals surface area contributed by atoms with Crippen molar-refractivity contribution < 1.29 is 14.4 Å². The predicted octanol–water partition coefficient (Wildman–Crippen LogP) is 2.46. The minimum atomic E-state index is -0.244. The first-order valence-corrected chi connectivity index (χ1v) is 6.85. The number of rotatable bonds is 2. The number of amides is 1.